The molecule has 1 fully saturated rings. The van der Waals surface area contributed by atoms with E-state index in [1.54, 1.807) is 12.1 Å². The minimum Gasteiger partial charge on any atom is -0.395 e. The summed E-state index contributed by atoms with van der Waals surface area (Å²) in [5.74, 6) is 6.38. The van der Waals surface area contributed by atoms with E-state index >= 15 is 0 Å². The number of aliphatic hydroxyl groups excluding tert-OH is 1. The van der Waals surface area contributed by atoms with E-state index in [4.69, 9.17) is 5.11 Å². The lowest BCUT2D eigenvalue weighted by atomic mass is 9.98. The van der Waals surface area contributed by atoms with E-state index in [9.17, 15) is 4.79 Å². The lowest BCUT2D eigenvalue weighted by molar-refractivity contribution is 0.0903. The van der Waals surface area contributed by atoms with E-state index in [0.29, 0.717) is 17.9 Å². The van der Waals surface area contributed by atoms with Crippen molar-refractivity contribution in [2.24, 2.45) is 5.92 Å². The molecule has 20 heavy (non-hydrogen) atoms. The zero-order valence-corrected chi connectivity index (χ0v) is 12.1. The van der Waals surface area contributed by atoms with Crippen LogP contribution in [-0.2, 0) is 0 Å². The summed E-state index contributed by atoms with van der Waals surface area (Å²) in [4.78, 5) is 12.2. The number of carbonyl (C=O) groups is 1. The number of nitrogens with one attached hydrogen (secondary N) is 1. The number of hydrogen-bond donors (Lipinski definition) is 2. The molecule has 0 aliphatic heterocycles. The highest BCUT2D eigenvalue weighted by Gasteiger charge is 2.38. The molecule has 0 heterocycles. The molecular formula is C17H21NO2. The summed E-state index contributed by atoms with van der Waals surface area (Å²) in [6.45, 7) is 4.23. The first-order valence-electron chi connectivity index (χ1n) is 7.05. The Hall–Kier alpha value is -1.79. The van der Waals surface area contributed by atoms with Crippen LogP contribution in [0.4, 0.5) is 0 Å². The molecule has 1 aliphatic carbocycles. The predicted octanol–water partition coefficient (Wildman–Crippen LogP) is 2.34. The zero-order valence-electron chi connectivity index (χ0n) is 12.1. The summed E-state index contributed by atoms with van der Waals surface area (Å²) >= 11 is 0. The van der Waals surface area contributed by atoms with Gasteiger partial charge in [-0.05, 0) is 56.9 Å². The molecule has 1 aromatic rings. The first-order valence-corrected chi connectivity index (χ1v) is 7.05. The van der Waals surface area contributed by atoms with Crippen LogP contribution in [0.15, 0.2) is 24.3 Å². The number of carbonyl (C=O) groups excluding carboxylic acids is 1. The Balaban J connectivity index is 1.99. The summed E-state index contributed by atoms with van der Waals surface area (Å²) in [6, 6.07) is 7.26. The van der Waals surface area contributed by atoms with E-state index in [2.05, 4.69) is 31.0 Å². The van der Waals surface area contributed by atoms with E-state index in [-0.39, 0.29) is 18.1 Å². The average Bonchev–Trinajstić information content (AvgIpc) is 3.24. The number of benzene rings is 1. The molecule has 0 radical (unpaired) electrons. The quantitative estimate of drug-likeness (QED) is 0.826. The third kappa shape index (κ3) is 3.85. The van der Waals surface area contributed by atoms with Crippen molar-refractivity contribution in [3.8, 4) is 11.8 Å². The molecule has 0 aromatic heterocycles. The molecule has 106 valence electrons. The third-order valence-corrected chi connectivity index (χ3v) is 3.65. The van der Waals surface area contributed by atoms with Crippen LogP contribution in [0.3, 0.4) is 0 Å². The maximum atomic E-state index is 12.2. The standard InChI is InChI=1S/C17H21NO2/c1-17(2,15-10-11-15)18-16(20)14-8-6-13(7-9-14)5-3-4-12-19/h6-9,15,19H,4,10-12H2,1-2H3,(H,18,20). The minimum absolute atomic E-state index is 0.0308. The molecule has 0 atom stereocenters. The highest BCUT2D eigenvalue weighted by molar-refractivity contribution is 5.94. The molecule has 3 heteroatoms. The van der Waals surface area contributed by atoms with Gasteiger partial charge in [0.2, 0.25) is 0 Å². The van der Waals surface area contributed by atoms with Gasteiger partial charge < -0.3 is 10.4 Å². The van der Waals surface area contributed by atoms with E-state index in [1.165, 1.54) is 12.8 Å². The Labute approximate surface area is 120 Å². The monoisotopic (exact) mass is 271 g/mol. The lowest BCUT2D eigenvalue weighted by Crippen LogP contribution is -2.45. The molecule has 1 amide bonds. The van der Waals surface area contributed by atoms with Crippen molar-refractivity contribution in [3.05, 3.63) is 35.4 Å². The number of hydrogen-bond acceptors (Lipinski definition) is 2. The molecule has 0 bridgehead atoms. The fraction of sp³-hybridized carbons (Fsp3) is 0.471. The third-order valence-electron chi connectivity index (χ3n) is 3.65. The van der Waals surface area contributed by atoms with Crippen LogP contribution in [0.2, 0.25) is 0 Å². The lowest BCUT2D eigenvalue weighted by Gasteiger charge is -2.26. The van der Waals surface area contributed by atoms with Crippen molar-refractivity contribution in [3.63, 3.8) is 0 Å². The molecule has 3 nitrogen and oxygen atoms in total. The van der Waals surface area contributed by atoms with Gasteiger partial charge in [0.05, 0.1) is 6.61 Å². The minimum atomic E-state index is -0.128. The first kappa shape index (κ1) is 14.6. The van der Waals surface area contributed by atoms with Crippen LogP contribution in [-0.4, -0.2) is 23.2 Å². The SMILES string of the molecule is CC(C)(NC(=O)c1ccc(C#CCCO)cc1)C1CC1. The second kappa shape index (κ2) is 6.11. The van der Waals surface area contributed by atoms with Crippen molar-refractivity contribution < 1.29 is 9.90 Å². The van der Waals surface area contributed by atoms with Gasteiger partial charge in [-0.1, -0.05) is 11.8 Å². The molecule has 2 rings (SSSR count). The van der Waals surface area contributed by atoms with E-state index in [1.807, 2.05) is 12.1 Å². The van der Waals surface area contributed by atoms with Gasteiger partial charge in [-0.3, -0.25) is 4.79 Å². The Kier molecular flexibility index (Phi) is 4.46. The van der Waals surface area contributed by atoms with Crippen molar-refractivity contribution in [1.29, 1.82) is 0 Å². The Morgan fingerprint density at radius 1 is 1.35 bits per heavy atom. The van der Waals surface area contributed by atoms with Crippen molar-refractivity contribution in [2.75, 3.05) is 6.61 Å². The highest BCUT2D eigenvalue weighted by atomic mass is 16.2. The Bertz CT molecular complexity index is 530. The first-order chi connectivity index (χ1) is 9.53. The Morgan fingerprint density at radius 3 is 2.55 bits per heavy atom. The molecule has 1 saturated carbocycles. The second-order valence-corrected chi connectivity index (χ2v) is 5.80. The van der Waals surface area contributed by atoms with Crippen molar-refractivity contribution >= 4 is 5.91 Å². The molecule has 0 spiro atoms. The van der Waals surface area contributed by atoms with Gasteiger partial charge in [0.1, 0.15) is 0 Å². The van der Waals surface area contributed by atoms with Gasteiger partial charge in [-0.25, -0.2) is 0 Å². The number of aliphatic hydroxyl groups is 1. The molecular weight excluding hydrogens is 250 g/mol. The van der Waals surface area contributed by atoms with E-state index < -0.39 is 0 Å². The zero-order chi connectivity index (χ0) is 14.6. The molecule has 0 unspecified atom stereocenters. The maximum Gasteiger partial charge on any atom is 0.251 e. The van der Waals surface area contributed by atoms with Crippen LogP contribution >= 0.6 is 0 Å². The predicted molar refractivity (Wildman–Crippen MR) is 79.3 cm³/mol. The molecule has 1 aliphatic rings. The van der Waals surface area contributed by atoms with Gasteiger partial charge in [0.15, 0.2) is 0 Å². The highest BCUT2D eigenvalue weighted by Crippen LogP contribution is 2.39. The van der Waals surface area contributed by atoms with Crippen molar-refractivity contribution in [1.82, 2.24) is 5.32 Å². The summed E-state index contributed by atoms with van der Waals surface area (Å²) in [5, 5.41) is 11.8. The average molecular weight is 271 g/mol. The number of rotatable bonds is 4. The van der Waals surface area contributed by atoms with Gasteiger partial charge >= 0.3 is 0 Å². The van der Waals surface area contributed by atoms with Crippen molar-refractivity contribution in [2.45, 2.75) is 38.6 Å². The Morgan fingerprint density at radius 2 is 2.00 bits per heavy atom. The van der Waals surface area contributed by atoms with Gasteiger partial charge in [0, 0.05) is 23.1 Å². The molecule has 2 N–H and O–H groups in total. The summed E-state index contributed by atoms with van der Waals surface area (Å²) in [5.41, 5.74) is 1.39. The van der Waals surface area contributed by atoms with Crippen LogP contribution in [0.25, 0.3) is 0 Å². The summed E-state index contributed by atoms with van der Waals surface area (Å²) < 4.78 is 0. The topological polar surface area (TPSA) is 49.3 Å². The largest absolute Gasteiger partial charge is 0.395 e. The van der Waals surface area contributed by atoms with Gasteiger partial charge in [-0.15, -0.1) is 0 Å². The van der Waals surface area contributed by atoms with E-state index in [0.717, 1.165) is 5.56 Å². The maximum absolute atomic E-state index is 12.2. The normalized spacial score (nSPS) is 14.3. The van der Waals surface area contributed by atoms with Gasteiger partial charge in [0.25, 0.3) is 5.91 Å². The van der Waals surface area contributed by atoms with Crippen LogP contribution in [0, 0.1) is 17.8 Å². The van der Waals surface area contributed by atoms with Crippen LogP contribution in [0.5, 0.6) is 0 Å². The fourth-order valence-corrected chi connectivity index (χ4v) is 2.20. The summed E-state index contributed by atoms with van der Waals surface area (Å²) in [6.07, 6.45) is 2.87. The summed E-state index contributed by atoms with van der Waals surface area (Å²) in [7, 11) is 0. The molecule has 1 aromatic carbocycles. The van der Waals surface area contributed by atoms with Crippen LogP contribution in [0.1, 0.15) is 49.0 Å². The fourth-order valence-electron chi connectivity index (χ4n) is 2.20. The van der Waals surface area contributed by atoms with Gasteiger partial charge in [-0.2, -0.15) is 0 Å². The smallest absolute Gasteiger partial charge is 0.251 e. The number of amides is 1. The second-order valence-electron chi connectivity index (χ2n) is 5.80. The van der Waals surface area contributed by atoms with Crippen LogP contribution < -0.4 is 5.32 Å². The molecule has 0 saturated heterocycles.